The Morgan fingerprint density at radius 1 is 1.29 bits per heavy atom. The molecule has 6 heteroatoms. The molecule has 0 aromatic carbocycles. The van der Waals surface area contributed by atoms with Gasteiger partial charge in [0.15, 0.2) is 5.92 Å². The molecule has 0 aromatic heterocycles. The van der Waals surface area contributed by atoms with Crippen molar-refractivity contribution in [1.82, 2.24) is 0 Å². The van der Waals surface area contributed by atoms with Gasteiger partial charge in [-0.05, 0) is 0 Å². The number of esters is 1. The summed E-state index contributed by atoms with van der Waals surface area (Å²) in [5.74, 6) is -5.16. The van der Waals surface area contributed by atoms with Crippen LogP contribution in [-0.2, 0) is 19.1 Å². The van der Waals surface area contributed by atoms with Crippen LogP contribution >= 0.6 is 0 Å². The molecule has 0 saturated carbocycles. The summed E-state index contributed by atoms with van der Waals surface area (Å²) in [6, 6.07) is 0. The zero-order chi connectivity index (χ0) is 11.1. The SMILES string of the molecule is C=CC(=O)OCCC(C(=O)O)C(=O)O. The summed E-state index contributed by atoms with van der Waals surface area (Å²) >= 11 is 0. The summed E-state index contributed by atoms with van der Waals surface area (Å²) in [6.07, 6.45) is 0.654. The van der Waals surface area contributed by atoms with Gasteiger partial charge >= 0.3 is 17.9 Å². The van der Waals surface area contributed by atoms with E-state index >= 15 is 0 Å². The molecule has 0 aliphatic rings. The van der Waals surface area contributed by atoms with E-state index in [2.05, 4.69) is 11.3 Å². The molecule has 6 nitrogen and oxygen atoms in total. The second kappa shape index (κ2) is 5.74. The highest BCUT2D eigenvalue weighted by Gasteiger charge is 2.25. The third kappa shape index (κ3) is 4.24. The lowest BCUT2D eigenvalue weighted by molar-refractivity contribution is -0.156. The Morgan fingerprint density at radius 2 is 1.79 bits per heavy atom. The summed E-state index contributed by atoms with van der Waals surface area (Å²) in [5, 5.41) is 16.8. The lowest BCUT2D eigenvalue weighted by Crippen LogP contribution is -2.25. The normalized spacial score (nSPS) is 9.50. The smallest absolute Gasteiger partial charge is 0.330 e. The summed E-state index contributed by atoms with van der Waals surface area (Å²) in [5.41, 5.74) is 0. The van der Waals surface area contributed by atoms with Crippen LogP contribution in [0, 0.1) is 5.92 Å². The highest BCUT2D eigenvalue weighted by molar-refractivity contribution is 5.92. The second-order valence-corrected chi connectivity index (χ2v) is 2.39. The number of hydrogen-bond acceptors (Lipinski definition) is 4. The molecule has 0 bridgehead atoms. The minimum Gasteiger partial charge on any atom is -0.481 e. The van der Waals surface area contributed by atoms with Crippen LogP contribution in [0.25, 0.3) is 0 Å². The Bertz CT molecular complexity index is 243. The van der Waals surface area contributed by atoms with Crippen LogP contribution in [-0.4, -0.2) is 34.7 Å². The topological polar surface area (TPSA) is 101 Å². The van der Waals surface area contributed by atoms with Gasteiger partial charge in [0.05, 0.1) is 6.61 Å². The van der Waals surface area contributed by atoms with Crippen molar-refractivity contribution in [2.45, 2.75) is 6.42 Å². The van der Waals surface area contributed by atoms with E-state index in [0.29, 0.717) is 0 Å². The highest BCUT2D eigenvalue weighted by Crippen LogP contribution is 2.04. The third-order valence-corrected chi connectivity index (χ3v) is 1.41. The van der Waals surface area contributed by atoms with Gasteiger partial charge in [-0.2, -0.15) is 0 Å². The van der Waals surface area contributed by atoms with Crippen LogP contribution in [0.5, 0.6) is 0 Å². The predicted octanol–water partition coefficient (Wildman–Crippen LogP) is -0.109. The van der Waals surface area contributed by atoms with Crippen molar-refractivity contribution in [1.29, 1.82) is 0 Å². The van der Waals surface area contributed by atoms with Crippen molar-refractivity contribution < 1.29 is 29.3 Å². The standard InChI is InChI=1S/C8H10O6/c1-2-6(9)14-4-3-5(7(10)11)8(12)13/h2,5H,1,3-4H2,(H,10,11)(H,12,13). The first kappa shape index (κ1) is 12.2. The Morgan fingerprint density at radius 3 is 2.14 bits per heavy atom. The summed E-state index contributed by atoms with van der Waals surface area (Å²) in [6.45, 7) is 2.87. The van der Waals surface area contributed by atoms with E-state index in [1.165, 1.54) is 0 Å². The predicted molar refractivity (Wildman–Crippen MR) is 44.5 cm³/mol. The van der Waals surface area contributed by atoms with Crippen LogP contribution in [0.15, 0.2) is 12.7 Å². The molecule has 78 valence electrons. The van der Waals surface area contributed by atoms with Crippen molar-refractivity contribution in [3.8, 4) is 0 Å². The van der Waals surface area contributed by atoms with E-state index in [9.17, 15) is 14.4 Å². The summed E-state index contributed by atoms with van der Waals surface area (Å²) in [4.78, 5) is 31.2. The van der Waals surface area contributed by atoms with Gasteiger partial charge in [0.2, 0.25) is 0 Å². The molecule has 0 radical (unpaired) electrons. The van der Waals surface area contributed by atoms with Crippen LogP contribution < -0.4 is 0 Å². The second-order valence-electron chi connectivity index (χ2n) is 2.39. The van der Waals surface area contributed by atoms with Gasteiger partial charge in [0.25, 0.3) is 0 Å². The number of rotatable bonds is 6. The summed E-state index contributed by atoms with van der Waals surface area (Å²) in [7, 11) is 0. The van der Waals surface area contributed by atoms with Crippen molar-refractivity contribution in [2.24, 2.45) is 5.92 Å². The molecule has 0 heterocycles. The number of hydrogen-bond donors (Lipinski definition) is 2. The van der Waals surface area contributed by atoms with Gasteiger partial charge in [-0.3, -0.25) is 9.59 Å². The molecule has 0 aliphatic heterocycles. The monoisotopic (exact) mass is 202 g/mol. The summed E-state index contributed by atoms with van der Waals surface area (Å²) < 4.78 is 4.44. The first-order chi connectivity index (χ1) is 6.49. The average molecular weight is 202 g/mol. The minimum atomic E-state index is -1.55. The zero-order valence-corrected chi connectivity index (χ0v) is 7.30. The van der Waals surface area contributed by atoms with Crippen molar-refractivity contribution >= 4 is 17.9 Å². The molecule has 2 N–H and O–H groups in total. The van der Waals surface area contributed by atoms with E-state index in [0.717, 1.165) is 6.08 Å². The minimum absolute atomic E-state index is 0.256. The quantitative estimate of drug-likeness (QED) is 0.354. The first-order valence-electron chi connectivity index (χ1n) is 3.73. The van der Waals surface area contributed by atoms with Crippen molar-refractivity contribution in [2.75, 3.05) is 6.61 Å². The maximum Gasteiger partial charge on any atom is 0.330 e. The number of aliphatic carboxylic acids is 2. The molecule has 0 amide bonds. The van der Waals surface area contributed by atoms with Crippen molar-refractivity contribution in [3.05, 3.63) is 12.7 Å². The van der Waals surface area contributed by atoms with Crippen LogP contribution in [0.3, 0.4) is 0 Å². The van der Waals surface area contributed by atoms with Gasteiger partial charge in [0.1, 0.15) is 0 Å². The molecule has 0 atom stereocenters. The number of carboxylic acids is 2. The van der Waals surface area contributed by atoms with E-state index in [1.807, 2.05) is 0 Å². The van der Waals surface area contributed by atoms with Crippen LogP contribution in [0.4, 0.5) is 0 Å². The molecular weight excluding hydrogens is 192 g/mol. The molecule has 14 heavy (non-hydrogen) atoms. The van der Waals surface area contributed by atoms with Crippen LogP contribution in [0.1, 0.15) is 6.42 Å². The molecular formula is C8H10O6. The average Bonchev–Trinajstić information content (AvgIpc) is 2.10. The maximum atomic E-state index is 10.5. The molecule has 0 saturated heterocycles. The number of carbonyl (C=O) groups excluding carboxylic acids is 1. The maximum absolute atomic E-state index is 10.5. The molecule has 0 aliphatic carbocycles. The van der Waals surface area contributed by atoms with Gasteiger partial charge in [-0.1, -0.05) is 6.58 Å². The third-order valence-electron chi connectivity index (χ3n) is 1.41. The van der Waals surface area contributed by atoms with Gasteiger partial charge in [0, 0.05) is 12.5 Å². The van der Waals surface area contributed by atoms with E-state index in [1.54, 1.807) is 0 Å². The Balaban J connectivity index is 3.96. The lowest BCUT2D eigenvalue weighted by atomic mass is 10.1. The Labute approximate surface area is 79.8 Å². The van der Waals surface area contributed by atoms with Crippen molar-refractivity contribution in [3.63, 3.8) is 0 Å². The fourth-order valence-electron chi connectivity index (χ4n) is 0.689. The van der Waals surface area contributed by atoms with E-state index < -0.39 is 23.8 Å². The molecule has 0 aromatic rings. The fourth-order valence-corrected chi connectivity index (χ4v) is 0.689. The number of ether oxygens (including phenoxy) is 1. The number of carboxylic acid groups (broad SMARTS) is 2. The van der Waals surface area contributed by atoms with Crippen LogP contribution in [0.2, 0.25) is 0 Å². The van der Waals surface area contributed by atoms with E-state index in [-0.39, 0.29) is 13.0 Å². The number of carbonyl (C=O) groups is 3. The fraction of sp³-hybridized carbons (Fsp3) is 0.375. The van der Waals surface area contributed by atoms with E-state index in [4.69, 9.17) is 10.2 Å². The molecule has 0 spiro atoms. The van der Waals surface area contributed by atoms with Gasteiger partial charge in [-0.25, -0.2) is 4.79 Å². The molecule has 0 unspecified atom stereocenters. The van der Waals surface area contributed by atoms with Gasteiger partial charge < -0.3 is 14.9 Å². The Kier molecular flexibility index (Phi) is 4.98. The largest absolute Gasteiger partial charge is 0.481 e. The Hall–Kier alpha value is -1.85. The highest BCUT2D eigenvalue weighted by atomic mass is 16.5. The molecule has 0 fully saturated rings. The molecule has 0 rings (SSSR count). The zero-order valence-electron chi connectivity index (χ0n) is 7.30. The lowest BCUT2D eigenvalue weighted by Gasteiger charge is -2.06. The van der Waals surface area contributed by atoms with Gasteiger partial charge in [-0.15, -0.1) is 0 Å². The first-order valence-corrected chi connectivity index (χ1v) is 3.73.